The van der Waals surface area contributed by atoms with Gasteiger partial charge in [-0.15, -0.1) is 0 Å². The van der Waals surface area contributed by atoms with Crippen LogP contribution in [0.5, 0.6) is 0 Å². The Bertz CT molecular complexity index is 639. The number of nitro benzene ring substituents is 1. The summed E-state index contributed by atoms with van der Waals surface area (Å²) in [6.45, 7) is 0. The van der Waals surface area contributed by atoms with Crippen LogP contribution in [0.2, 0.25) is 0 Å². The second-order valence-electron chi connectivity index (χ2n) is 4.19. The lowest BCUT2D eigenvalue weighted by Gasteiger charge is -2.28. The average molecular weight is 278 g/mol. The summed E-state index contributed by atoms with van der Waals surface area (Å²) in [5.41, 5.74) is -0.227. The summed E-state index contributed by atoms with van der Waals surface area (Å²) in [6.07, 6.45) is 0. The quantitative estimate of drug-likeness (QED) is 0.256. The smallest absolute Gasteiger partial charge is 0.322 e. The molecule has 0 aromatic heterocycles. The number of carbonyl (C=O) groups excluding carboxylic acids is 3. The molecule has 8 heteroatoms. The zero-order valence-corrected chi connectivity index (χ0v) is 10.7. The number of likely N-dealkylation sites (N-methyl/N-ethyl adjacent to an activating group) is 1. The fourth-order valence-electron chi connectivity index (χ4n) is 2.05. The topological polar surface area (TPSA) is 107 Å². The van der Waals surface area contributed by atoms with E-state index in [-0.39, 0.29) is 16.8 Å². The van der Waals surface area contributed by atoms with Crippen LogP contribution in [0, 0.1) is 10.1 Å². The van der Waals surface area contributed by atoms with Crippen LogP contribution in [0.1, 0.15) is 21.8 Å². The van der Waals surface area contributed by atoms with E-state index in [4.69, 9.17) is 0 Å². The minimum Gasteiger partial charge on any atom is -0.468 e. The predicted molar refractivity (Wildman–Crippen MR) is 65.0 cm³/mol. The van der Waals surface area contributed by atoms with E-state index in [2.05, 4.69) is 4.74 Å². The molecule has 0 N–H and O–H groups in total. The van der Waals surface area contributed by atoms with Crippen molar-refractivity contribution in [2.45, 2.75) is 5.92 Å². The number of nitro groups is 1. The number of methoxy groups -OCH3 is 1. The molecule has 0 fully saturated rings. The highest BCUT2D eigenvalue weighted by molar-refractivity contribution is 6.17. The van der Waals surface area contributed by atoms with Crippen molar-refractivity contribution in [3.63, 3.8) is 0 Å². The Morgan fingerprint density at radius 3 is 2.60 bits per heavy atom. The third kappa shape index (κ3) is 1.91. The highest BCUT2D eigenvalue weighted by Crippen LogP contribution is 2.32. The standard InChI is InChI=1S/C12H10N2O6/c1-13-10(15)7-4-3-6(14(18)19)5-8(7)9(11(13)16)12(17)20-2/h3-5,9H,1-2H3. The largest absolute Gasteiger partial charge is 0.468 e. The lowest BCUT2D eigenvalue weighted by atomic mass is 9.88. The third-order valence-electron chi connectivity index (χ3n) is 3.11. The van der Waals surface area contributed by atoms with Gasteiger partial charge in [0.05, 0.1) is 12.0 Å². The first-order valence-electron chi connectivity index (χ1n) is 5.56. The zero-order chi connectivity index (χ0) is 15.0. The number of hydrogen-bond donors (Lipinski definition) is 0. The van der Waals surface area contributed by atoms with Gasteiger partial charge in [-0.2, -0.15) is 0 Å². The normalized spacial score (nSPS) is 17.7. The van der Waals surface area contributed by atoms with Crippen LogP contribution in [-0.2, 0) is 14.3 Å². The molecule has 0 aliphatic carbocycles. The van der Waals surface area contributed by atoms with Gasteiger partial charge in [0.1, 0.15) is 0 Å². The molecule has 2 amide bonds. The summed E-state index contributed by atoms with van der Waals surface area (Å²) < 4.78 is 4.53. The number of esters is 1. The summed E-state index contributed by atoms with van der Waals surface area (Å²) in [5, 5.41) is 10.8. The lowest BCUT2D eigenvalue weighted by molar-refractivity contribution is -0.384. The lowest BCUT2D eigenvalue weighted by Crippen LogP contribution is -2.44. The number of benzene rings is 1. The van der Waals surface area contributed by atoms with Crippen molar-refractivity contribution in [3.05, 3.63) is 39.4 Å². The minimum atomic E-state index is -1.36. The molecule has 20 heavy (non-hydrogen) atoms. The Labute approximate surface area is 113 Å². The molecule has 1 aliphatic heterocycles. The summed E-state index contributed by atoms with van der Waals surface area (Å²) in [7, 11) is 2.34. The van der Waals surface area contributed by atoms with Crippen molar-refractivity contribution in [2.75, 3.05) is 14.2 Å². The van der Waals surface area contributed by atoms with Crippen LogP contribution in [0.3, 0.4) is 0 Å². The molecule has 1 aromatic carbocycles. The number of imide groups is 1. The Morgan fingerprint density at radius 2 is 2.05 bits per heavy atom. The summed E-state index contributed by atoms with van der Waals surface area (Å²) >= 11 is 0. The molecular formula is C12H10N2O6. The van der Waals surface area contributed by atoms with E-state index >= 15 is 0 Å². The van der Waals surface area contributed by atoms with Crippen LogP contribution in [0.15, 0.2) is 18.2 Å². The molecule has 1 aliphatic rings. The van der Waals surface area contributed by atoms with Crippen LogP contribution in [0.25, 0.3) is 0 Å². The molecular weight excluding hydrogens is 268 g/mol. The van der Waals surface area contributed by atoms with E-state index in [1.165, 1.54) is 13.1 Å². The SMILES string of the molecule is COC(=O)C1C(=O)N(C)C(=O)c2ccc([N+](=O)[O-])cc21. The maximum Gasteiger partial charge on any atom is 0.322 e. The van der Waals surface area contributed by atoms with E-state index in [1.807, 2.05) is 0 Å². The molecule has 104 valence electrons. The van der Waals surface area contributed by atoms with Gasteiger partial charge in [-0.05, 0) is 11.6 Å². The molecule has 2 rings (SSSR count). The Balaban J connectivity index is 2.67. The van der Waals surface area contributed by atoms with Crippen molar-refractivity contribution in [1.82, 2.24) is 4.90 Å². The van der Waals surface area contributed by atoms with E-state index in [0.717, 1.165) is 24.1 Å². The van der Waals surface area contributed by atoms with Gasteiger partial charge in [-0.25, -0.2) is 0 Å². The number of non-ortho nitro benzene ring substituents is 1. The molecule has 8 nitrogen and oxygen atoms in total. The molecule has 1 aromatic rings. The van der Waals surface area contributed by atoms with Crippen molar-refractivity contribution < 1.29 is 24.0 Å². The predicted octanol–water partition coefficient (Wildman–Crippen LogP) is 0.464. The van der Waals surface area contributed by atoms with Crippen molar-refractivity contribution in [1.29, 1.82) is 0 Å². The Morgan fingerprint density at radius 1 is 1.40 bits per heavy atom. The molecule has 1 heterocycles. The number of nitrogens with zero attached hydrogens (tertiary/aromatic N) is 2. The first-order valence-corrected chi connectivity index (χ1v) is 5.56. The monoisotopic (exact) mass is 278 g/mol. The highest BCUT2D eigenvalue weighted by Gasteiger charge is 2.42. The number of fused-ring (bicyclic) bond motifs is 1. The van der Waals surface area contributed by atoms with Gasteiger partial charge in [-0.3, -0.25) is 29.4 Å². The number of hydrogen-bond acceptors (Lipinski definition) is 6. The van der Waals surface area contributed by atoms with Crippen LogP contribution in [-0.4, -0.2) is 41.8 Å². The summed E-state index contributed by atoms with van der Waals surface area (Å²) in [5.74, 6) is -3.61. The van der Waals surface area contributed by atoms with Gasteiger partial charge in [0, 0.05) is 24.7 Å². The first kappa shape index (κ1) is 13.7. The van der Waals surface area contributed by atoms with Crippen molar-refractivity contribution in [2.24, 2.45) is 0 Å². The van der Waals surface area contributed by atoms with Gasteiger partial charge in [0.2, 0.25) is 5.91 Å². The fraction of sp³-hybridized carbons (Fsp3) is 0.250. The number of rotatable bonds is 2. The maximum atomic E-state index is 12.0. The average Bonchev–Trinajstić information content (AvgIpc) is 2.44. The van der Waals surface area contributed by atoms with Gasteiger partial charge in [0.15, 0.2) is 5.92 Å². The molecule has 1 atom stereocenters. The van der Waals surface area contributed by atoms with Crippen molar-refractivity contribution in [3.8, 4) is 0 Å². The highest BCUT2D eigenvalue weighted by atomic mass is 16.6. The first-order chi connectivity index (χ1) is 9.38. The molecule has 0 radical (unpaired) electrons. The second kappa shape index (κ2) is 4.72. The molecule has 0 saturated carbocycles. The molecule has 1 unspecified atom stereocenters. The number of ether oxygens (including phenoxy) is 1. The molecule has 0 spiro atoms. The van der Waals surface area contributed by atoms with Crippen LogP contribution < -0.4 is 0 Å². The summed E-state index contributed by atoms with van der Waals surface area (Å²) in [6, 6.07) is 3.43. The molecule has 0 bridgehead atoms. The van der Waals surface area contributed by atoms with Gasteiger partial charge >= 0.3 is 5.97 Å². The maximum absolute atomic E-state index is 12.0. The van der Waals surface area contributed by atoms with Crippen LogP contribution in [0.4, 0.5) is 5.69 Å². The van der Waals surface area contributed by atoms with Gasteiger partial charge in [-0.1, -0.05) is 0 Å². The summed E-state index contributed by atoms with van der Waals surface area (Å²) in [4.78, 5) is 46.6. The van der Waals surface area contributed by atoms with Gasteiger partial charge in [0.25, 0.3) is 11.6 Å². The molecule has 0 saturated heterocycles. The minimum absolute atomic E-state index is 0.000787. The van der Waals surface area contributed by atoms with E-state index in [0.29, 0.717) is 0 Å². The van der Waals surface area contributed by atoms with E-state index in [9.17, 15) is 24.5 Å². The van der Waals surface area contributed by atoms with E-state index in [1.54, 1.807) is 0 Å². The number of carbonyl (C=O) groups is 3. The third-order valence-corrected chi connectivity index (χ3v) is 3.11. The van der Waals surface area contributed by atoms with Gasteiger partial charge < -0.3 is 4.74 Å². The van der Waals surface area contributed by atoms with Crippen molar-refractivity contribution >= 4 is 23.5 Å². The zero-order valence-electron chi connectivity index (χ0n) is 10.7. The Hall–Kier alpha value is -2.77. The van der Waals surface area contributed by atoms with Crippen LogP contribution >= 0.6 is 0 Å². The Kier molecular flexibility index (Phi) is 3.23. The number of amides is 2. The fourth-order valence-corrected chi connectivity index (χ4v) is 2.05. The second-order valence-corrected chi connectivity index (χ2v) is 4.19. The van der Waals surface area contributed by atoms with E-state index < -0.39 is 28.6 Å².